The van der Waals surface area contributed by atoms with E-state index in [2.05, 4.69) is 229 Å². The van der Waals surface area contributed by atoms with Crippen molar-refractivity contribution in [2.45, 2.75) is 0 Å². The fraction of sp³-hybridized carbons (Fsp3) is 0. The molecule has 302 valence electrons. The molecular weight excluding hydrogens is 789 g/mol. The van der Waals surface area contributed by atoms with Gasteiger partial charge in [-0.05, 0) is 57.4 Å². The Morgan fingerprint density at radius 2 is 0.831 bits per heavy atom. The molecule has 0 N–H and O–H groups in total. The van der Waals surface area contributed by atoms with Crippen LogP contribution in [0.4, 0.5) is 0 Å². The lowest BCUT2D eigenvalue weighted by Gasteiger charge is -2.19. The highest BCUT2D eigenvalue weighted by atomic mass is 15.0. The highest BCUT2D eigenvalue weighted by Crippen LogP contribution is 2.46. The van der Waals surface area contributed by atoms with E-state index in [4.69, 9.17) is 15.0 Å². The van der Waals surface area contributed by atoms with E-state index in [1.165, 1.54) is 27.2 Å². The van der Waals surface area contributed by atoms with Crippen molar-refractivity contribution in [1.82, 2.24) is 19.5 Å². The van der Waals surface area contributed by atoms with Crippen LogP contribution in [0.15, 0.2) is 231 Å². The summed E-state index contributed by atoms with van der Waals surface area (Å²) >= 11 is 0. The first-order valence-electron chi connectivity index (χ1n) is 22.1. The van der Waals surface area contributed by atoms with Gasteiger partial charge in [0.05, 0.1) is 33.6 Å². The highest BCUT2D eigenvalue weighted by molar-refractivity contribution is 6.29. The Kier molecular flexibility index (Phi) is 8.50. The molecule has 0 aliphatic carbocycles. The fourth-order valence-corrected chi connectivity index (χ4v) is 10.1. The summed E-state index contributed by atoms with van der Waals surface area (Å²) in [5, 5.41) is 10.5. The second-order valence-electron chi connectivity index (χ2n) is 16.7. The van der Waals surface area contributed by atoms with Crippen molar-refractivity contribution in [1.29, 1.82) is 0 Å². The third-order valence-electron chi connectivity index (χ3n) is 13.0. The van der Waals surface area contributed by atoms with Crippen molar-refractivity contribution in [2.24, 2.45) is 0 Å². The molecule has 0 atom stereocenters. The van der Waals surface area contributed by atoms with Crippen molar-refractivity contribution >= 4 is 65.0 Å². The van der Waals surface area contributed by atoms with Gasteiger partial charge >= 0.3 is 0 Å². The van der Waals surface area contributed by atoms with Crippen LogP contribution in [0.1, 0.15) is 0 Å². The van der Waals surface area contributed by atoms with Crippen LogP contribution in [0.25, 0.3) is 127 Å². The fourth-order valence-electron chi connectivity index (χ4n) is 10.1. The predicted octanol–water partition coefficient (Wildman–Crippen LogP) is 15.9. The first-order valence-corrected chi connectivity index (χ1v) is 22.1. The van der Waals surface area contributed by atoms with Crippen molar-refractivity contribution in [3.8, 4) is 62.0 Å². The van der Waals surface area contributed by atoms with E-state index >= 15 is 0 Å². The standard InChI is InChI=1S/C61H38N4/c1-3-19-43(20-4-1)61-63-59(47-29-15-21-39-17-7-9-25-45(39)47)55(60(64-61)48-30-16-22-40-18-8-10-26-46(40)48)41-33-35-42(36-34-41)58-51-37-38-54-57(56(51)49-27-11-13-31-52(49)62-58)50-28-12-14-32-53(50)65(54)44-23-5-2-6-24-44/h1-38H. The van der Waals surface area contributed by atoms with Crippen LogP contribution < -0.4 is 0 Å². The van der Waals surface area contributed by atoms with Gasteiger partial charge in [0.25, 0.3) is 0 Å². The largest absolute Gasteiger partial charge is 0.309 e. The maximum atomic E-state index is 5.51. The molecule has 65 heavy (non-hydrogen) atoms. The first kappa shape index (κ1) is 36.9. The van der Waals surface area contributed by atoms with Gasteiger partial charge in [-0.2, -0.15) is 0 Å². The van der Waals surface area contributed by atoms with Gasteiger partial charge in [-0.1, -0.05) is 200 Å². The summed E-state index contributed by atoms with van der Waals surface area (Å²) in [6, 6.07) is 82.0. The Morgan fingerprint density at radius 1 is 0.292 bits per heavy atom. The highest BCUT2D eigenvalue weighted by Gasteiger charge is 2.24. The third kappa shape index (κ3) is 5.96. The Bertz CT molecular complexity index is 3870. The summed E-state index contributed by atoms with van der Waals surface area (Å²) in [7, 11) is 0. The average Bonchev–Trinajstić information content (AvgIpc) is 3.73. The molecule has 10 aromatic carbocycles. The molecule has 0 fully saturated rings. The molecule has 4 heteroatoms. The van der Waals surface area contributed by atoms with Crippen LogP contribution in [-0.2, 0) is 0 Å². The minimum Gasteiger partial charge on any atom is -0.309 e. The Morgan fingerprint density at radius 3 is 1.51 bits per heavy atom. The SMILES string of the molecule is c1ccc(-c2nc(-c3cccc4ccccc34)c(-c3ccc(-c4nc5ccccc5c5c4ccc4c5c5ccccc5n4-c4ccccc4)cc3)c(-c3cccc4ccccc34)n2)cc1. The van der Waals surface area contributed by atoms with E-state index in [1.54, 1.807) is 0 Å². The topological polar surface area (TPSA) is 43.6 Å². The number of benzene rings is 10. The maximum Gasteiger partial charge on any atom is 0.160 e. The summed E-state index contributed by atoms with van der Waals surface area (Å²) in [6.07, 6.45) is 0. The van der Waals surface area contributed by atoms with Crippen LogP contribution in [0, 0.1) is 0 Å². The maximum absolute atomic E-state index is 5.51. The number of fused-ring (bicyclic) bond motifs is 9. The molecule has 0 aliphatic rings. The molecule has 0 bridgehead atoms. The smallest absolute Gasteiger partial charge is 0.160 e. The van der Waals surface area contributed by atoms with Gasteiger partial charge in [0.15, 0.2) is 5.82 Å². The zero-order chi connectivity index (χ0) is 42.8. The molecule has 0 unspecified atom stereocenters. The molecular formula is C61H38N4. The van der Waals surface area contributed by atoms with Crippen molar-refractivity contribution in [2.75, 3.05) is 0 Å². The summed E-state index contributed by atoms with van der Waals surface area (Å²) in [6.45, 7) is 0. The molecule has 0 saturated carbocycles. The Balaban J connectivity index is 1.08. The zero-order valence-corrected chi connectivity index (χ0v) is 35.2. The van der Waals surface area contributed by atoms with E-state index in [1.807, 2.05) is 6.07 Å². The molecule has 3 heterocycles. The van der Waals surface area contributed by atoms with Crippen LogP contribution >= 0.6 is 0 Å². The summed E-state index contributed by atoms with van der Waals surface area (Å²) in [4.78, 5) is 16.5. The van der Waals surface area contributed by atoms with Crippen LogP contribution in [0.5, 0.6) is 0 Å². The lowest BCUT2D eigenvalue weighted by Crippen LogP contribution is -2.01. The van der Waals surface area contributed by atoms with E-state index in [9.17, 15) is 0 Å². The quantitative estimate of drug-likeness (QED) is 0.157. The molecule has 3 aromatic heterocycles. The Labute approximate surface area is 375 Å². The molecule has 0 amide bonds. The lowest BCUT2D eigenvalue weighted by atomic mass is 9.89. The first-order chi connectivity index (χ1) is 32.3. The number of nitrogens with zero attached hydrogens (tertiary/aromatic N) is 4. The number of hydrogen-bond donors (Lipinski definition) is 0. The molecule has 13 rings (SSSR count). The van der Waals surface area contributed by atoms with Gasteiger partial charge < -0.3 is 4.57 Å². The van der Waals surface area contributed by atoms with Crippen LogP contribution in [0.3, 0.4) is 0 Å². The zero-order valence-electron chi connectivity index (χ0n) is 35.2. The predicted molar refractivity (Wildman–Crippen MR) is 271 cm³/mol. The van der Waals surface area contributed by atoms with Gasteiger partial charge in [-0.3, -0.25) is 0 Å². The number of pyridine rings is 1. The summed E-state index contributed by atoms with van der Waals surface area (Å²) < 4.78 is 2.39. The minimum absolute atomic E-state index is 0.684. The summed E-state index contributed by atoms with van der Waals surface area (Å²) in [5.41, 5.74) is 13.3. The lowest BCUT2D eigenvalue weighted by molar-refractivity contribution is 1.18. The van der Waals surface area contributed by atoms with Crippen molar-refractivity contribution in [3.63, 3.8) is 0 Å². The van der Waals surface area contributed by atoms with Crippen LogP contribution in [0.2, 0.25) is 0 Å². The van der Waals surface area contributed by atoms with Gasteiger partial charge in [-0.25, -0.2) is 15.0 Å². The number of rotatable bonds is 6. The van der Waals surface area contributed by atoms with E-state index in [-0.39, 0.29) is 0 Å². The van der Waals surface area contributed by atoms with E-state index in [0.29, 0.717) is 5.82 Å². The molecule has 0 saturated heterocycles. The molecule has 13 aromatic rings. The van der Waals surface area contributed by atoms with Crippen LogP contribution in [-0.4, -0.2) is 19.5 Å². The number of para-hydroxylation sites is 3. The second-order valence-corrected chi connectivity index (χ2v) is 16.7. The van der Waals surface area contributed by atoms with E-state index < -0.39 is 0 Å². The van der Waals surface area contributed by atoms with Crippen molar-refractivity contribution in [3.05, 3.63) is 231 Å². The van der Waals surface area contributed by atoms with Gasteiger partial charge in [0.2, 0.25) is 0 Å². The summed E-state index contributed by atoms with van der Waals surface area (Å²) in [5.74, 6) is 0.684. The number of aromatic nitrogens is 4. The van der Waals surface area contributed by atoms with Gasteiger partial charge in [0.1, 0.15) is 0 Å². The van der Waals surface area contributed by atoms with Gasteiger partial charge in [-0.15, -0.1) is 0 Å². The average molecular weight is 827 g/mol. The normalized spacial score (nSPS) is 11.7. The molecule has 4 nitrogen and oxygen atoms in total. The Hall–Kier alpha value is -8.73. The monoisotopic (exact) mass is 826 g/mol. The minimum atomic E-state index is 0.684. The molecule has 0 radical (unpaired) electrons. The van der Waals surface area contributed by atoms with E-state index in [0.717, 1.165) is 94.0 Å². The van der Waals surface area contributed by atoms with Gasteiger partial charge in [0, 0.05) is 60.4 Å². The molecule has 0 spiro atoms. The molecule has 0 aliphatic heterocycles. The third-order valence-corrected chi connectivity index (χ3v) is 13.0. The van der Waals surface area contributed by atoms with Crippen molar-refractivity contribution < 1.29 is 0 Å². The number of hydrogen-bond acceptors (Lipinski definition) is 3. The second kappa shape index (κ2) is 15.0.